The van der Waals surface area contributed by atoms with Crippen molar-refractivity contribution in [3.05, 3.63) is 63.8 Å². The quantitative estimate of drug-likeness (QED) is 0.473. The summed E-state index contributed by atoms with van der Waals surface area (Å²) in [6.07, 6.45) is 3.47. The highest BCUT2D eigenvalue weighted by atomic mass is 32.2. The topological polar surface area (TPSA) is 91.9 Å². The van der Waals surface area contributed by atoms with E-state index in [1.807, 2.05) is 42.7 Å². The third kappa shape index (κ3) is 4.38. The van der Waals surface area contributed by atoms with Gasteiger partial charge in [-0.15, -0.1) is 11.8 Å². The number of ether oxygens (including phenoxy) is 1. The van der Waals surface area contributed by atoms with E-state index in [0.717, 1.165) is 22.8 Å². The number of rotatable bonds is 7. The van der Waals surface area contributed by atoms with Crippen molar-refractivity contribution in [2.75, 3.05) is 13.4 Å². The number of hydrogen-bond acceptors (Lipinski definition) is 7. The average molecular weight is 399 g/mol. The number of H-pyrrole nitrogens is 1. The number of benzene rings is 1. The van der Waals surface area contributed by atoms with Crippen LogP contribution in [0.25, 0.3) is 11.3 Å². The van der Waals surface area contributed by atoms with Gasteiger partial charge < -0.3 is 14.1 Å². The van der Waals surface area contributed by atoms with E-state index in [4.69, 9.17) is 9.15 Å². The number of hydrogen-bond donors (Lipinski definition) is 1. The molecular weight excluding hydrogens is 382 g/mol. The van der Waals surface area contributed by atoms with Gasteiger partial charge in [0.25, 0.3) is 5.56 Å². The second-order valence-corrected chi connectivity index (χ2v) is 7.29. The summed E-state index contributed by atoms with van der Waals surface area (Å²) in [6.45, 7) is 0. The number of nitrogens with one attached hydrogen (secondary N) is 1. The predicted molar refractivity (Wildman–Crippen MR) is 107 cm³/mol. The maximum absolute atomic E-state index is 12.2. The molecule has 0 saturated heterocycles. The highest BCUT2D eigenvalue weighted by molar-refractivity contribution is 7.98. The molecule has 138 valence electrons. The van der Waals surface area contributed by atoms with Crippen LogP contribution in [0, 0.1) is 11.3 Å². The maximum Gasteiger partial charge on any atom is 0.270 e. The molecule has 3 aromatic rings. The van der Waals surface area contributed by atoms with Crippen LogP contribution in [0.2, 0.25) is 0 Å². The first-order valence-electron chi connectivity index (χ1n) is 8.02. The van der Waals surface area contributed by atoms with Gasteiger partial charge >= 0.3 is 0 Å². The minimum absolute atomic E-state index is 0.00663. The van der Waals surface area contributed by atoms with Crippen molar-refractivity contribution in [1.82, 2.24) is 9.97 Å². The molecule has 0 fully saturated rings. The largest absolute Gasteiger partial charge is 0.496 e. The van der Waals surface area contributed by atoms with Gasteiger partial charge in [0.1, 0.15) is 23.1 Å². The zero-order chi connectivity index (χ0) is 19.2. The van der Waals surface area contributed by atoms with Crippen molar-refractivity contribution in [1.29, 1.82) is 5.26 Å². The Hall–Kier alpha value is -2.63. The summed E-state index contributed by atoms with van der Waals surface area (Å²) < 4.78 is 10.8. The van der Waals surface area contributed by atoms with Crippen molar-refractivity contribution in [3.8, 4) is 23.1 Å². The van der Waals surface area contributed by atoms with E-state index in [1.165, 1.54) is 11.8 Å². The molecule has 27 heavy (non-hydrogen) atoms. The summed E-state index contributed by atoms with van der Waals surface area (Å²) in [7, 11) is 1.62. The third-order valence-electron chi connectivity index (χ3n) is 3.84. The Morgan fingerprint density at radius 3 is 2.85 bits per heavy atom. The van der Waals surface area contributed by atoms with E-state index in [0.29, 0.717) is 22.2 Å². The molecule has 0 radical (unpaired) electrons. The molecule has 0 amide bonds. The van der Waals surface area contributed by atoms with E-state index in [-0.39, 0.29) is 5.56 Å². The molecule has 0 aliphatic heterocycles. The maximum atomic E-state index is 12.2. The number of methoxy groups -OCH3 is 1. The predicted octanol–water partition coefficient (Wildman–Crippen LogP) is 4.07. The average Bonchev–Trinajstić information content (AvgIpc) is 3.20. The molecule has 1 N–H and O–H groups in total. The second kappa shape index (κ2) is 8.84. The zero-order valence-electron chi connectivity index (χ0n) is 14.8. The molecule has 3 rings (SSSR count). The lowest BCUT2D eigenvalue weighted by atomic mass is 10.0. The van der Waals surface area contributed by atoms with Gasteiger partial charge in [-0.05, 0) is 36.6 Å². The lowest BCUT2D eigenvalue weighted by Gasteiger charge is -2.11. The fourth-order valence-corrected chi connectivity index (χ4v) is 3.85. The number of aromatic nitrogens is 2. The lowest BCUT2D eigenvalue weighted by Crippen LogP contribution is -2.14. The molecular formula is C19H17N3O3S2. The summed E-state index contributed by atoms with van der Waals surface area (Å²) in [6, 6.07) is 11.3. The zero-order valence-corrected chi connectivity index (χ0v) is 16.4. The van der Waals surface area contributed by atoms with Crippen LogP contribution in [0.3, 0.4) is 0 Å². The minimum Gasteiger partial charge on any atom is -0.496 e. The van der Waals surface area contributed by atoms with Crippen LogP contribution in [0.15, 0.2) is 51.0 Å². The van der Waals surface area contributed by atoms with E-state index in [1.54, 1.807) is 25.1 Å². The van der Waals surface area contributed by atoms with Crippen LogP contribution in [-0.2, 0) is 11.5 Å². The van der Waals surface area contributed by atoms with Crippen molar-refractivity contribution in [2.45, 2.75) is 16.7 Å². The number of nitriles is 1. The number of thioether (sulfide) groups is 2. The molecule has 0 aliphatic carbocycles. The molecule has 0 atom stereocenters. The first kappa shape index (κ1) is 19.1. The molecule has 6 nitrogen and oxygen atoms in total. The first-order chi connectivity index (χ1) is 13.2. The monoisotopic (exact) mass is 399 g/mol. The number of nitrogens with zero attached hydrogens (tertiary/aromatic N) is 2. The van der Waals surface area contributed by atoms with Gasteiger partial charge in [-0.3, -0.25) is 4.79 Å². The molecule has 0 bridgehead atoms. The van der Waals surface area contributed by atoms with E-state index < -0.39 is 5.56 Å². The highest BCUT2D eigenvalue weighted by Gasteiger charge is 2.15. The summed E-state index contributed by atoms with van der Waals surface area (Å²) >= 11 is 3.01. The first-order valence-corrected chi connectivity index (χ1v) is 10.4. The summed E-state index contributed by atoms with van der Waals surface area (Å²) in [5.74, 6) is 3.09. The summed E-state index contributed by atoms with van der Waals surface area (Å²) in [5, 5.41) is 9.86. The Bertz CT molecular complexity index is 1020. The van der Waals surface area contributed by atoms with Crippen LogP contribution in [0.1, 0.15) is 16.9 Å². The van der Waals surface area contributed by atoms with Gasteiger partial charge in [0.05, 0.1) is 24.8 Å². The molecule has 0 aliphatic rings. The minimum atomic E-state index is -0.434. The second-order valence-electron chi connectivity index (χ2n) is 5.51. The summed E-state index contributed by atoms with van der Waals surface area (Å²) in [4.78, 5) is 19.2. The lowest BCUT2D eigenvalue weighted by molar-refractivity contribution is 0.411. The van der Waals surface area contributed by atoms with E-state index in [2.05, 4.69) is 9.97 Å². The van der Waals surface area contributed by atoms with Crippen LogP contribution in [-0.4, -0.2) is 23.3 Å². The van der Waals surface area contributed by atoms with Crippen molar-refractivity contribution < 1.29 is 9.15 Å². The van der Waals surface area contributed by atoms with Gasteiger partial charge in [0.2, 0.25) is 0 Å². The molecule has 1 aromatic carbocycles. The van der Waals surface area contributed by atoms with Crippen molar-refractivity contribution in [2.24, 2.45) is 0 Å². The smallest absolute Gasteiger partial charge is 0.270 e. The standard InChI is InChI=1S/C19H17N3O3S2/c1-24-16-6-5-12(8-13(16)10-27-11-14-4-3-7-25-14)17-15(9-20)18(23)22-19(21-17)26-2/h3-8H,10-11H2,1-2H3,(H,21,22,23). The van der Waals surface area contributed by atoms with Gasteiger partial charge in [-0.25, -0.2) is 4.98 Å². The molecule has 2 aromatic heterocycles. The third-order valence-corrected chi connectivity index (χ3v) is 5.42. The Labute approximate surface area is 165 Å². The summed E-state index contributed by atoms with van der Waals surface area (Å²) in [5.41, 5.74) is 1.62. The molecule has 0 spiro atoms. The van der Waals surface area contributed by atoms with Crippen LogP contribution in [0.5, 0.6) is 5.75 Å². The van der Waals surface area contributed by atoms with Crippen LogP contribution >= 0.6 is 23.5 Å². The highest BCUT2D eigenvalue weighted by Crippen LogP contribution is 2.30. The van der Waals surface area contributed by atoms with Gasteiger partial charge in [-0.1, -0.05) is 11.8 Å². The number of furan rings is 1. The van der Waals surface area contributed by atoms with Crippen LogP contribution < -0.4 is 10.3 Å². The van der Waals surface area contributed by atoms with E-state index >= 15 is 0 Å². The van der Waals surface area contributed by atoms with Gasteiger partial charge in [0.15, 0.2) is 5.16 Å². The SMILES string of the molecule is COc1ccc(-c2nc(SC)[nH]c(=O)c2C#N)cc1CSCc1ccco1. The molecule has 0 unspecified atom stereocenters. The van der Waals surface area contributed by atoms with Gasteiger partial charge in [0, 0.05) is 16.9 Å². The molecule has 8 heteroatoms. The van der Waals surface area contributed by atoms with Crippen LogP contribution in [0.4, 0.5) is 0 Å². The fourth-order valence-electron chi connectivity index (χ4n) is 2.56. The molecule has 0 saturated carbocycles. The Morgan fingerprint density at radius 1 is 1.33 bits per heavy atom. The van der Waals surface area contributed by atoms with E-state index in [9.17, 15) is 10.1 Å². The number of aromatic amines is 1. The Morgan fingerprint density at radius 2 is 2.19 bits per heavy atom. The Kier molecular flexibility index (Phi) is 6.27. The van der Waals surface area contributed by atoms with Crippen molar-refractivity contribution in [3.63, 3.8) is 0 Å². The van der Waals surface area contributed by atoms with Gasteiger partial charge in [-0.2, -0.15) is 5.26 Å². The molecule has 2 heterocycles. The fraction of sp³-hybridized carbons (Fsp3) is 0.211. The Balaban J connectivity index is 1.94. The normalized spacial score (nSPS) is 10.6. The van der Waals surface area contributed by atoms with Crippen molar-refractivity contribution >= 4 is 23.5 Å².